The van der Waals surface area contributed by atoms with E-state index in [2.05, 4.69) is 5.32 Å². The lowest BCUT2D eigenvalue weighted by molar-refractivity contribution is -0.124. The van der Waals surface area contributed by atoms with Gasteiger partial charge < -0.3 is 11.1 Å². The van der Waals surface area contributed by atoms with Crippen LogP contribution in [0.1, 0.15) is 64.2 Å². The number of hydrogen-bond donors (Lipinski definition) is 2. The summed E-state index contributed by atoms with van der Waals surface area (Å²) in [6.45, 7) is 0.601. The zero-order valence-electron chi connectivity index (χ0n) is 11.2. The van der Waals surface area contributed by atoms with Gasteiger partial charge in [-0.25, -0.2) is 0 Å². The summed E-state index contributed by atoms with van der Waals surface area (Å²) < 4.78 is 0. The molecule has 0 aliphatic heterocycles. The molecule has 0 spiro atoms. The predicted molar refractivity (Wildman–Crippen MR) is 76.8 cm³/mol. The normalized spacial score (nSPS) is 23.4. The fourth-order valence-electron chi connectivity index (χ4n) is 3.43. The van der Waals surface area contributed by atoms with Crippen LogP contribution >= 0.6 is 12.4 Å². The number of rotatable bonds is 4. The number of hydrogen-bond acceptors (Lipinski definition) is 2. The highest BCUT2D eigenvalue weighted by atomic mass is 35.5. The van der Waals surface area contributed by atoms with Gasteiger partial charge in [0.2, 0.25) is 5.91 Å². The second-order valence-electron chi connectivity index (χ2n) is 5.95. The summed E-state index contributed by atoms with van der Waals surface area (Å²) in [5, 5.41) is 3.23. The number of nitrogens with one attached hydrogen (secondary N) is 1. The van der Waals surface area contributed by atoms with E-state index in [1.807, 2.05) is 0 Å². The summed E-state index contributed by atoms with van der Waals surface area (Å²) in [6, 6.07) is 0. The molecular formula is C14H27ClN2O. The average Bonchev–Trinajstić information content (AvgIpc) is 2.79. The van der Waals surface area contributed by atoms with Crippen LogP contribution in [0.15, 0.2) is 0 Å². The highest BCUT2D eigenvalue weighted by molar-refractivity contribution is 5.85. The molecule has 4 heteroatoms. The minimum Gasteiger partial charge on any atom is -0.349 e. The molecule has 0 aromatic carbocycles. The molecular weight excluding hydrogens is 248 g/mol. The summed E-state index contributed by atoms with van der Waals surface area (Å²) in [6.07, 6.45) is 11.7. The van der Waals surface area contributed by atoms with Gasteiger partial charge in [-0.1, -0.05) is 32.1 Å². The first-order valence-electron chi connectivity index (χ1n) is 7.25. The van der Waals surface area contributed by atoms with Gasteiger partial charge in [0.15, 0.2) is 0 Å². The van der Waals surface area contributed by atoms with Gasteiger partial charge in [-0.15, -0.1) is 12.4 Å². The molecule has 0 aromatic rings. The Kier molecular flexibility index (Phi) is 6.44. The molecule has 0 bridgehead atoms. The number of nitrogens with two attached hydrogens (primary N) is 1. The molecule has 2 fully saturated rings. The van der Waals surface area contributed by atoms with Crippen LogP contribution < -0.4 is 11.1 Å². The van der Waals surface area contributed by atoms with Crippen LogP contribution in [0.4, 0.5) is 0 Å². The quantitative estimate of drug-likeness (QED) is 0.828. The van der Waals surface area contributed by atoms with Crippen LogP contribution in [0.3, 0.4) is 0 Å². The van der Waals surface area contributed by atoms with Gasteiger partial charge in [0, 0.05) is 13.0 Å². The van der Waals surface area contributed by atoms with Crippen LogP contribution in [0.5, 0.6) is 0 Å². The van der Waals surface area contributed by atoms with Crippen LogP contribution in [0.2, 0.25) is 0 Å². The highest BCUT2D eigenvalue weighted by Crippen LogP contribution is 2.30. The molecule has 2 saturated carbocycles. The molecule has 3 nitrogen and oxygen atoms in total. The molecule has 2 rings (SSSR count). The van der Waals surface area contributed by atoms with Crippen LogP contribution in [0.25, 0.3) is 0 Å². The van der Waals surface area contributed by atoms with Crippen molar-refractivity contribution < 1.29 is 4.79 Å². The molecule has 0 radical (unpaired) electrons. The van der Waals surface area contributed by atoms with Crippen LogP contribution in [-0.4, -0.2) is 18.0 Å². The van der Waals surface area contributed by atoms with Gasteiger partial charge in [0.1, 0.15) is 0 Å². The fourth-order valence-corrected chi connectivity index (χ4v) is 3.43. The first-order valence-corrected chi connectivity index (χ1v) is 7.25. The first kappa shape index (κ1) is 15.8. The van der Waals surface area contributed by atoms with Gasteiger partial charge >= 0.3 is 0 Å². The van der Waals surface area contributed by atoms with Crippen LogP contribution in [-0.2, 0) is 4.79 Å². The van der Waals surface area contributed by atoms with E-state index in [-0.39, 0.29) is 23.9 Å². The Balaban J connectivity index is 0.00000162. The third-order valence-corrected chi connectivity index (χ3v) is 4.55. The van der Waals surface area contributed by atoms with E-state index in [0.717, 1.165) is 19.3 Å². The smallest absolute Gasteiger partial charge is 0.220 e. The molecule has 3 N–H and O–H groups in total. The lowest BCUT2D eigenvalue weighted by atomic mass is 9.86. The van der Waals surface area contributed by atoms with Crippen molar-refractivity contribution in [2.75, 3.05) is 6.54 Å². The largest absolute Gasteiger partial charge is 0.349 e. The third kappa shape index (κ3) is 4.13. The average molecular weight is 275 g/mol. The van der Waals surface area contributed by atoms with E-state index >= 15 is 0 Å². The summed E-state index contributed by atoms with van der Waals surface area (Å²) in [5.74, 6) is 0.865. The number of carbonyl (C=O) groups is 1. The lowest BCUT2D eigenvalue weighted by Crippen LogP contribution is -2.52. The highest BCUT2D eigenvalue weighted by Gasteiger charge is 2.34. The van der Waals surface area contributed by atoms with Crippen molar-refractivity contribution in [1.29, 1.82) is 0 Å². The maximum Gasteiger partial charge on any atom is 0.220 e. The van der Waals surface area contributed by atoms with Crippen molar-refractivity contribution in [2.24, 2.45) is 11.7 Å². The molecule has 2 aliphatic carbocycles. The van der Waals surface area contributed by atoms with Gasteiger partial charge in [-0.2, -0.15) is 0 Å². The second kappa shape index (κ2) is 7.34. The van der Waals surface area contributed by atoms with Gasteiger partial charge in [0.25, 0.3) is 0 Å². The van der Waals surface area contributed by atoms with Crippen molar-refractivity contribution in [3.8, 4) is 0 Å². The number of halogens is 1. The monoisotopic (exact) mass is 274 g/mol. The fraction of sp³-hybridized carbons (Fsp3) is 0.929. The second-order valence-corrected chi connectivity index (χ2v) is 5.95. The SMILES string of the molecule is Cl.NCC1(NC(=O)CC2CCCCC2)CCCC1. The molecule has 106 valence electrons. The first-order chi connectivity index (χ1) is 8.24. The van der Waals surface area contributed by atoms with Crippen molar-refractivity contribution in [1.82, 2.24) is 5.32 Å². The molecule has 2 aliphatic rings. The Labute approximate surface area is 117 Å². The molecule has 18 heavy (non-hydrogen) atoms. The Morgan fingerprint density at radius 2 is 1.72 bits per heavy atom. The van der Waals surface area contributed by atoms with Gasteiger partial charge in [-0.3, -0.25) is 4.79 Å². The molecule has 0 atom stereocenters. The minimum atomic E-state index is -0.0637. The van der Waals surface area contributed by atoms with Crippen molar-refractivity contribution in [3.63, 3.8) is 0 Å². The van der Waals surface area contributed by atoms with E-state index in [1.54, 1.807) is 0 Å². The predicted octanol–water partition coefficient (Wildman–Crippen LogP) is 2.77. The maximum atomic E-state index is 12.1. The summed E-state index contributed by atoms with van der Waals surface area (Å²) >= 11 is 0. The minimum absolute atomic E-state index is 0. The van der Waals surface area contributed by atoms with Crippen LogP contribution in [0, 0.1) is 5.92 Å². The topological polar surface area (TPSA) is 55.1 Å². The van der Waals surface area contributed by atoms with Crippen molar-refractivity contribution in [2.45, 2.75) is 69.7 Å². The van der Waals surface area contributed by atoms with E-state index in [0.29, 0.717) is 12.5 Å². The number of amides is 1. The van der Waals surface area contributed by atoms with E-state index in [4.69, 9.17) is 5.73 Å². The lowest BCUT2D eigenvalue weighted by Gasteiger charge is -2.30. The Bertz CT molecular complexity index is 259. The summed E-state index contributed by atoms with van der Waals surface area (Å²) in [4.78, 5) is 12.1. The molecule has 0 unspecified atom stereocenters. The van der Waals surface area contributed by atoms with Gasteiger partial charge in [-0.05, 0) is 31.6 Å². The van der Waals surface area contributed by atoms with Gasteiger partial charge in [0.05, 0.1) is 5.54 Å². The zero-order valence-corrected chi connectivity index (χ0v) is 12.1. The Hall–Kier alpha value is -0.280. The molecule has 1 amide bonds. The molecule has 0 saturated heterocycles. The maximum absolute atomic E-state index is 12.1. The molecule has 0 aromatic heterocycles. The summed E-state index contributed by atoms with van der Waals surface area (Å²) in [7, 11) is 0. The van der Waals surface area contributed by atoms with E-state index < -0.39 is 0 Å². The zero-order chi connectivity index (χ0) is 12.1. The Morgan fingerprint density at radius 3 is 2.28 bits per heavy atom. The van der Waals surface area contributed by atoms with Crippen molar-refractivity contribution >= 4 is 18.3 Å². The van der Waals surface area contributed by atoms with E-state index in [9.17, 15) is 4.79 Å². The molecule has 0 heterocycles. The van der Waals surface area contributed by atoms with E-state index in [1.165, 1.54) is 44.9 Å². The van der Waals surface area contributed by atoms with Crippen molar-refractivity contribution in [3.05, 3.63) is 0 Å². The third-order valence-electron chi connectivity index (χ3n) is 4.55. The summed E-state index contributed by atoms with van der Waals surface area (Å²) in [5.41, 5.74) is 5.77. The number of carbonyl (C=O) groups excluding carboxylic acids is 1. The standard InChI is InChI=1S/C14H26N2O.ClH/c15-11-14(8-4-5-9-14)16-13(17)10-12-6-2-1-3-7-12;/h12H,1-11,15H2,(H,16,17);1H. The Morgan fingerprint density at radius 1 is 1.11 bits per heavy atom.